The minimum atomic E-state index is 0.230. The van der Waals surface area contributed by atoms with Crippen LogP contribution in [0.15, 0.2) is 23.3 Å². The molecule has 158 valence electrons. The molecular formula is C22H38N4O2. The molecule has 0 spiro atoms. The zero-order chi connectivity index (χ0) is 20.2. The van der Waals surface area contributed by atoms with Crippen LogP contribution in [0.2, 0.25) is 0 Å². The molecule has 1 aliphatic carbocycles. The van der Waals surface area contributed by atoms with Crippen LogP contribution in [0.3, 0.4) is 0 Å². The summed E-state index contributed by atoms with van der Waals surface area (Å²) in [6, 6.07) is 3.99. The van der Waals surface area contributed by atoms with Crippen LogP contribution in [-0.2, 0) is 6.54 Å². The smallest absolute Gasteiger partial charge is 0.213 e. The highest BCUT2D eigenvalue weighted by atomic mass is 16.5. The van der Waals surface area contributed by atoms with Gasteiger partial charge in [-0.2, -0.15) is 0 Å². The van der Waals surface area contributed by atoms with Gasteiger partial charge in [-0.05, 0) is 68.9 Å². The second-order valence-corrected chi connectivity index (χ2v) is 8.11. The lowest BCUT2D eigenvalue weighted by molar-refractivity contribution is 0.201. The fourth-order valence-electron chi connectivity index (χ4n) is 3.70. The Morgan fingerprint density at radius 3 is 2.79 bits per heavy atom. The predicted molar refractivity (Wildman–Crippen MR) is 115 cm³/mol. The van der Waals surface area contributed by atoms with Gasteiger partial charge in [0.2, 0.25) is 5.88 Å². The number of aliphatic hydroxyl groups excluding tert-OH is 1. The van der Waals surface area contributed by atoms with Crippen LogP contribution in [0.1, 0.15) is 64.9 Å². The molecule has 3 N–H and O–H groups in total. The number of aliphatic imine (C=N–C) groups is 1. The van der Waals surface area contributed by atoms with Gasteiger partial charge in [-0.1, -0.05) is 13.8 Å². The molecule has 0 bridgehead atoms. The molecule has 1 aromatic heterocycles. The van der Waals surface area contributed by atoms with E-state index in [0.717, 1.165) is 50.3 Å². The van der Waals surface area contributed by atoms with Gasteiger partial charge in [-0.3, -0.25) is 0 Å². The Labute approximate surface area is 170 Å². The van der Waals surface area contributed by atoms with Gasteiger partial charge in [0, 0.05) is 32.0 Å². The molecule has 0 aromatic carbocycles. The number of aromatic nitrogens is 1. The highest BCUT2D eigenvalue weighted by molar-refractivity contribution is 5.79. The van der Waals surface area contributed by atoms with Crippen molar-refractivity contribution in [2.24, 2.45) is 16.8 Å². The van der Waals surface area contributed by atoms with Gasteiger partial charge >= 0.3 is 0 Å². The number of rotatable bonds is 11. The average molecular weight is 391 g/mol. The first-order valence-electron chi connectivity index (χ1n) is 10.8. The molecule has 0 radical (unpaired) electrons. The Bertz CT molecular complexity index is 586. The highest BCUT2D eigenvalue weighted by Gasteiger charge is 2.17. The number of guanidine groups is 1. The maximum absolute atomic E-state index is 9.31. The number of hydrogen-bond acceptors (Lipinski definition) is 4. The first-order valence-corrected chi connectivity index (χ1v) is 10.8. The molecule has 2 rings (SSSR count). The van der Waals surface area contributed by atoms with Gasteiger partial charge in [0.15, 0.2) is 5.96 Å². The Morgan fingerprint density at radius 2 is 2.11 bits per heavy atom. The van der Waals surface area contributed by atoms with Crippen molar-refractivity contribution >= 4 is 5.96 Å². The van der Waals surface area contributed by atoms with Gasteiger partial charge in [0.25, 0.3) is 0 Å². The summed E-state index contributed by atoms with van der Waals surface area (Å²) in [6.45, 7) is 8.94. The largest absolute Gasteiger partial charge is 0.474 e. The SMILES string of the molecule is CCNC(=NCc1ccnc(OC2CCCC2)c1)NCC(CCO)CC(C)C. The second-order valence-electron chi connectivity index (χ2n) is 8.11. The summed E-state index contributed by atoms with van der Waals surface area (Å²) in [4.78, 5) is 9.06. The van der Waals surface area contributed by atoms with Crippen molar-refractivity contribution in [1.29, 1.82) is 0 Å². The molecule has 1 saturated carbocycles. The zero-order valence-corrected chi connectivity index (χ0v) is 17.8. The summed E-state index contributed by atoms with van der Waals surface area (Å²) in [5, 5.41) is 16.0. The van der Waals surface area contributed by atoms with Crippen LogP contribution in [0, 0.1) is 11.8 Å². The summed E-state index contributed by atoms with van der Waals surface area (Å²) in [6.07, 6.45) is 8.79. The Kier molecular flexibility index (Phi) is 10.1. The summed E-state index contributed by atoms with van der Waals surface area (Å²) in [7, 11) is 0. The third-order valence-corrected chi connectivity index (χ3v) is 5.05. The molecule has 1 unspecified atom stereocenters. The first-order chi connectivity index (χ1) is 13.6. The number of pyridine rings is 1. The summed E-state index contributed by atoms with van der Waals surface area (Å²) < 4.78 is 6.00. The summed E-state index contributed by atoms with van der Waals surface area (Å²) in [5.74, 6) is 2.58. The van der Waals surface area contributed by atoms with Crippen molar-refractivity contribution in [3.63, 3.8) is 0 Å². The first kappa shape index (κ1) is 22.5. The second kappa shape index (κ2) is 12.6. The quantitative estimate of drug-likeness (QED) is 0.398. The number of hydrogen-bond donors (Lipinski definition) is 3. The van der Waals surface area contributed by atoms with Crippen molar-refractivity contribution in [3.8, 4) is 5.88 Å². The summed E-state index contributed by atoms with van der Waals surface area (Å²) in [5.41, 5.74) is 1.09. The Morgan fingerprint density at radius 1 is 1.32 bits per heavy atom. The third kappa shape index (κ3) is 8.46. The van der Waals surface area contributed by atoms with E-state index in [0.29, 0.717) is 30.4 Å². The maximum Gasteiger partial charge on any atom is 0.213 e. The average Bonchev–Trinajstić information content (AvgIpc) is 3.17. The van der Waals surface area contributed by atoms with E-state index in [-0.39, 0.29) is 6.61 Å². The van der Waals surface area contributed by atoms with Gasteiger partial charge in [-0.15, -0.1) is 0 Å². The molecule has 1 aromatic rings. The molecule has 0 amide bonds. The molecule has 0 aliphatic heterocycles. The van der Waals surface area contributed by atoms with Gasteiger partial charge in [0.05, 0.1) is 6.54 Å². The normalized spacial score (nSPS) is 16.4. The minimum Gasteiger partial charge on any atom is -0.474 e. The van der Waals surface area contributed by atoms with E-state index in [9.17, 15) is 5.11 Å². The van der Waals surface area contributed by atoms with Crippen molar-refractivity contribution < 1.29 is 9.84 Å². The lowest BCUT2D eigenvalue weighted by atomic mass is 9.94. The van der Waals surface area contributed by atoms with E-state index < -0.39 is 0 Å². The van der Waals surface area contributed by atoms with Crippen LogP contribution in [0.4, 0.5) is 0 Å². The molecule has 1 aliphatic rings. The van der Waals surface area contributed by atoms with Crippen LogP contribution in [0.25, 0.3) is 0 Å². The fraction of sp³-hybridized carbons (Fsp3) is 0.727. The number of aliphatic hydroxyl groups is 1. The minimum absolute atomic E-state index is 0.230. The Balaban J connectivity index is 1.91. The van der Waals surface area contributed by atoms with E-state index in [1.807, 2.05) is 12.1 Å². The number of nitrogens with one attached hydrogen (secondary N) is 2. The van der Waals surface area contributed by atoms with E-state index in [1.54, 1.807) is 6.20 Å². The van der Waals surface area contributed by atoms with Crippen molar-refractivity contribution in [1.82, 2.24) is 15.6 Å². The number of ether oxygens (including phenoxy) is 1. The van der Waals surface area contributed by atoms with Crippen LogP contribution < -0.4 is 15.4 Å². The lowest BCUT2D eigenvalue weighted by Gasteiger charge is -2.20. The Hall–Kier alpha value is -1.82. The zero-order valence-electron chi connectivity index (χ0n) is 17.8. The molecule has 0 saturated heterocycles. The maximum atomic E-state index is 9.31. The fourth-order valence-corrected chi connectivity index (χ4v) is 3.70. The van der Waals surface area contributed by atoms with E-state index in [2.05, 4.69) is 36.4 Å². The monoisotopic (exact) mass is 390 g/mol. The molecule has 6 heteroatoms. The molecular weight excluding hydrogens is 352 g/mol. The van der Waals surface area contributed by atoms with E-state index in [1.165, 1.54) is 12.8 Å². The highest BCUT2D eigenvalue weighted by Crippen LogP contribution is 2.23. The van der Waals surface area contributed by atoms with Crippen LogP contribution in [0.5, 0.6) is 5.88 Å². The van der Waals surface area contributed by atoms with Crippen molar-refractivity contribution in [2.75, 3.05) is 19.7 Å². The van der Waals surface area contributed by atoms with Crippen molar-refractivity contribution in [2.45, 2.75) is 71.9 Å². The van der Waals surface area contributed by atoms with Crippen LogP contribution in [-0.4, -0.2) is 41.9 Å². The molecule has 6 nitrogen and oxygen atoms in total. The standard InChI is InChI=1S/C22H38N4O2/c1-4-23-22(26-16-19(10-12-27)13-17(2)3)25-15-18-9-11-24-21(14-18)28-20-7-5-6-8-20/h9,11,14,17,19-20,27H,4-8,10,12-13,15-16H2,1-3H3,(H2,23,25,26). The van der Waals surface area contributed by atoms with Crippen molar-refractivity contribution in [3.05, 3.63) is 23.9 Å². The molecule has 1 atom stereocenters. The predicted octanol–water partition coefficient (Wildman–Crippen LogP) is 3.50. The van der Waals surface area contributed by atoms with Gasteiger partial charge < -0.3 is 20.5 Å². The van der Waals surface area contributed by atoms with Crippen LogP contribution >= 0.6 is 0 Å². The topological polar surface area (TPSA) is 78.8 Å². The van der Waals surface area contributed by atoms with E-state index >= 15 is 0 Å². The number of nitrogens with zero attached hydrogens (tertiary/aromatic N) is 2. The van der Waals surface area contributed by atoms with E-state index in [4.69, 9.17) is 9.73 Å². The van der Waals surface area contributed by atoms with Gasteiger partial charge in [0.1, 0.15) is 6.10 Å². The summed E-state index contributed by atoms with van der Waals surface area (Å²) >= 11 is 0. The van der Waals surface area contributed by atoms with Gasteiger partial charge in [-0.25, -0.2) is 9.98 Å². The molecule has 1 fully saturated rings. The lowest BCUT2D eigenvalue weighted by Crippen LogP contribution is -2.40. The molecule has 1 heterocycles. The molecule has 28 heavy (non-hydrogen) atoms. The third-order valence-electron chi connectivity index (χ3n) is 5.05.